The zero-order valence-corrected chi connectivity index (χ0v) is 15.8. The predicted octanol–water partition coefficient (Wildman–Crippen LogP) is 4.00. The van der Waals surface area contributed by atoms with Crippen LogP contribution in [-0.2, 0) is 4.79 Å². The minimum absolute atomic E-state index is 0.183. The maximum Gasteiger partial charge on any atom is 0.321 e. The molecule has 1 spiro atoms. The molecule has 146 valence electrons. The molecule has 0 unspecified atom stereocenters. The van der Waals surface area contributed by atoms with Crippen LogP contribution in [0.4, 0.5) is 14.9 Å². The van der Waals surface area contributed by atoms with Crippen LogP contribution < -0.4 is 5.32 Å². The summed E-state index contributed by atoms with van der Waals surface area (Å²) in [4.78, 5) is 29.7. The molecule has 27 heavy (non-hydrogen) atoms. The Balaban J connectivity index is 1.43. The second kappa shape index (κ2) is 7.49. The molecule has 5 nitrogen and oxygen atoms in total. The largest absolute Gasteiger partial charge is 0.339 e. The van der Waals surface area contributed by atoms with Gasteiger partial charge in [0.05, 0.1) is 11.1 Å². The van der Waals surface area contributed by atoms with Crippen LogP contribution in [0.3, 0.4) is 0 Å². The van der Waals surface area contributed by atoms with Crippen LogP contribution in [0.15, 0.2) is 24.3 Å². The molecule has 3 fully saturated rings. The van der Waals surface area contributed by atoms with E-state index >= 15 is 0 Å². The maximum absolute atomic E-state index is 13.8. The minimum atomic E-state index is -0.447. The quantitative estimate of drug-likeness (QED) is 0.852. The summed E-state index contributed by atoms with van der Waals surface area (Å²) in [7, 11) is 0. The van der Waals surface area contributed by atoms with Crippen molar-refractivity contribution in [3.63, 3.8) is 0 Å². The molecule has 2 saturated heterocycles. The second-order valence-corrected chi connectivity index (χ2v) is 8.26. The van der Waals surface area contributed by atoms with E-state index in [0.29, 0.717) is 25.6 Å². The van der Waals surface area contributed by atoms with Crippen molar-refractivity contribution in [3.8, 4) is 0 Å². The molecular formula is C21H28FN3O2. The lowest BCUT2D eigenvalue weighted by Gasteiger charge is -2.44. The number of piperidine rings is 1. The Morgan fingerprint density at radius 1 is 1.07 bits per heavy atom. The Morgan fingerprint density at radius 3 is 2.63 bits per heavy atom. The van der Waals surface area contributed by atoms with Gasteiger partial charge in [-0.25, -0.2) is 9.18 Å². The summed E-state index contributed by atoms with van der Waals surface area (Å²) in [5.41, 5.74) is -0.260. The maximum atomic E-state index is 13.8. The van der Waals surface area contributed by atoms with Crippen LogP contribution in [0.5, 0.6) is 0 Å². The molecule has 1 N–H and O–H groups in total. The monoisotopic (exact) mass is 373 g/mol. The smallest absolute Gasteiger partial charge is 0.321 e. The number of para-hydroxylation sites is 1. The highest BCUT2D eigenvalue weighted by Crippen LogP contribution is 2.42. The van der Waals surface area contributed by atoms with Gasteiger partial charge in [-0.05, 0) is 44.2 Å². The molecule has 1 saturated carbocycles. The molecule has 3 aliphatic rings. The summed E-state index contributed by atoms with van der Waals surface area (Å²) in [5, 5.41) is 2.65. The number of likely N-dealkylation sites (tertiary alicyclic amines) is 2. The molecule has 1 aromatic rings. The Bertz CT molecular complexity index is 719. The first-order chi connectivity index (χ1) is 13.1. The summed E-state index contributed by atoms with van der Waals surface area (Å²) in [6.45, 7) is 1.84. The Labute approximate surface area is 159 Å². The van der Waals surface area contributed by atoms with Crippen molar-refractivity contribution < 1.29 is 14.0 Å². The van der Waals surface area contributed by atoms with Gasteiger partial charge in [0.2, 0.25) is 5.91 Å². The Morgan fingerprint density at radius 2 is 1.85 bits per heavy atom. The van der Waals surface area contributed by atoms with Crippen molar-refractivity contribution in [1.82, 2.24) is 9.80 Å². The highest BCUT2D eigenvalue weighted by Gasteiger charge is 2.50. The highest BCUT2D eigenvalue weighted by molar-refractivity contribution is 5.91. The minimum Gasteiger partial charge on any atom is -0.339 e. The van der Waals surface area contributed by atoms with Gasteiger partial charge in [0.25, 0.3) is 0 Å². The van der Waals surface area contributed by atoms with Gasteiger partial charge in [-0.15, -0.1) is 0 Å². The van der Waals surface area contributed by atoms with Gasteiger partial charge in [0.1, 0.15) is 5.82 Å². The van der Waals surface area contributed by atoms with E-state index in [-0.39, 0.29) is 17.6 Å². The number of nitrogens with one attached hydrogen (secondary N) is 1. The van der Waals surface area contributed by atoms with E-state index in [4.69, 9.17) is 0 Å². The third kappa shape index (κ3) is 3.54. The van der Waals surface area contributed by atoms with E-state index in [0.717, 1.165) is 32.2 Å². The van der Waals surface area contributed by atoms with Gasteiger partial charge in [-0.1, -0.05) is 31.4 Å². The number of amides is 3. The van der Waals surface area contributed by atoms with Gasteiger partial charge in [-0.3, -0.25) is 4.79 Å². The van der Waals surface area contributed by atoms with E-state index in [1.54, 1.807) is 23.1 Å². The fourth-order valence-electron chi connectivity index (χ4n) is 5.02. The van der Waals surface area contributed by atoms with E-state index in [2.05, 4.69) is 10.2 Å². The third-order valence-corrected chi connectivity index (χ3v) is 6.54. The van der Waals surface area contributed by atoms with E-state index in [1.807, 2.05) is 0 Å². The van der Waals surface area contributed by atoms with Crippen LogP contribution >= 0.6 is 0 Å². The van der Waals surface area contributed by atoms with Gasteiger partial charge in [0.15, 0.2) is 0 Å². The lowest BCUT2D eigenvalue weighted by Crippen LogP contribution is -2.54. The fraction of sp³-hybridized carbons (Fsp3) is 0.619. The van der Waals surface area contributed by atoms with Crippen LogP contribution in [0.25, 0.3) is 0 Å². The van der Waals surface area contributed by atoms with Crippen molar-refractivity contribution in [1.29, 1.82) is 0 Å². The normalized spacial score (nSPS) is 26.6. The molecule has 0 bridgehead atoms. The van der Waals surface area contributed by atoms with Gasteiger partial charge >= 0.3 is 6.03 Å². The second-order valence-electron chi connectivity index (χ2n) is 8.26. The van der Waals surface area contributed by atoms with E-state index < -0.39 is 11.2 Å². The molecule has 1 aromatic carbocycles. The summed E-state index contributed by atoms with van der Waals surface area (Å²) in [6.07, 6.45) is 8.47. The summed E-state index contributed by atoms with van der Waals surface area (Å²) in [6, 6.07) is 6.22. The zero-order valence-electron chi connectivity index (χ0n) is 15.8. The van der Waals surface area contributed by atoms with Crippen molar-refractivity contribution in [2.24, 2.45) is 5.41 Å². The number of nitrogens with zero attached hydrogens (tertiary/aromatic N) is 2. The van der Waals surface area contributed by atoms with Crippen LogP contribution in [-0.4, -0.2) is 47.4 Å². The van der Waals surface area contributed by atoms with E-state index in [1.165, 1.54) is 25.3 Å². The van der Waals surface area contributed by atoms with Crippen molar-refractivity contribution in [2.75, 3.05) is 25.0 Å². The molecule has 6 heteroatoms. The number of hydrogen-bond acceptors (Lipinski definition) is 2. The third-order valence-electron chi connectivity index (χ3n) is 6.54. The number of hydrogen-bond donors (Lipinski definition) is 1. The van der Waals surface area contributed by atoms with Gasteiger partial charge in [-0.2, -0.15) is 0 Å². The Kier molecular flexibility index (Phi) is 5.06. The highest BCUT2D eigenvalue weighted by atomic mass is 19.1. The molecule has 1 atom stereocenters. The summed E-state index contributed by atoms with van der Waals surface area (Å²) in [5.74, 6) is -0.209. The van der Waals surface area contributed by atoms with Crippen molar-refractivity contribution in [3.05, 3.63) is 30.1 Å². The summed E-state index contributed by atoms with van der Waals surface area (Å²) >= 11 is 0. The molecule has 1 aliphatic carbocycles. The standard InChI is InChI=1S/C21H28FN3O2/c22-17-9-4-5-10-18(17)23-20(27)24-14-12-21(15-24)11-6-13-25(19(21)26)16-7-2-1-3-8-16/h4-5,9-10,16H,1-3,6-8,11-15H2,(H,23,27)/t21-/m1/s1. The lowest BCUT2D eigenvalue weighted by molar-refractivity contribution is -0.149. The fourth-order valence-corrected chi connectivity index (χ4v) is 5.02. The first-order valence-electron chi connectivity index (χ1n) is 10.2. The molecule has 4 rings (SSSR count). The van der Waals surface area contributed by atoms with Crippen molar-refractivity contribution >= 4 is 17.6 Å². The van der Waals surface area contributed by atoms with Gasteiger partial charge < -0.3 is 15.1 Å². The first-order valence-corrected chi connectivity index (χ1v) is 10.2. The topological polar surface area (TPSA) is 52.7 Å². The van der Waals surface area contributed by atoms with Crippen LogP contribution in [0.1, 0.15) is 51.4 Å². The van der Waals surface area contributed by atoms with Gasteiger partial charge in [0, 0.05) is 25.7 Å². The zero-order chi connectivity index (χ0) is 18.9. The number of rotatable bonds is 2. The van der Waals surface area contributed by atoms with Crippen LogP contribution in [0.2, 0.25) is 0 Å². The molecule has 2 aliphatic heterocycles. The molecule has 2 heterocycles. The van der Waals surface area contributed by atoms with Crippen molar-refractivity contribution in [2.45, 2.75) is 57.4 Å². The lowest BCUT2D eigenvalue weighted by atomic mass is 9.77. The molecule has 3 amide bonds. The number of anilines is 1. The number of halogens is 1. The molecule has 0 radical (unpaired) electrons. The number of carbonyl (C=O) groups excluding carboxylic acids is 2. The average Bonchev–Trinajstić information content (AvgIpc) is 3.12. The average molecular weight is 373 g/mol. The van der Waals surface area contributed by atoms with E-state index in [9.17, 15) is 14.0 Å². The first kappa shape index (κ1) is 18.3. The molecule has 0 aromatic heterocycles. The number of carbonyl (C=O) groups is 2. The number of urea groups is 1. The predicted molar refractivity (Wildman–Crippen MR) is 102 cm³/mol. The number of benzene rings is 1. The Hall–Kier alpha value is -2.11. The SMILES string of the molecule is O=C(Nc1ccccc1F)N1CC[C@]2(CCCN(C3CCCCC3)C2=O)C1. The molecular weight excluding hydrogens is 345 g/mol. The van der Waals surface area contributed by atoms with Crippen LogP contribution in [0, 0.1) is 11.2 Å². The summed E-state index contributed by atoms with van der Waals surface area (Å²) < 4.78 is 13.8.